The smallest absolute Gasteiger partial charge is 0.337 e. The third kappa shape index (κ3) is 2.44. The molecule has 5 heteroatoms. The molecule has 2 aromatic rings. The summed E-state index contributed by atoms with van der Waals surface area (Å²) in [6.07, 6.45) is 5.21. The molecule has 3 nitrogen and oxygen atoms in total. The Balaban J connectivity index is 1.86. The van der Waals surface area contributed by atoms with Gasteiger partial charge in [-0.05, 0) is 47.7 Å². The zero-order valence-corrected chi connectivity index (χ0v) is 14.3. The molecule has 0 saturated carbocycles. The van der Waals surface area contributed by atoms with E-state index in [9.17, 15) is 14.3 Å². The van der Waals surface area contributed by atoms with Gasteiger partial charge in [-0.3, -0.25) is 0 Å². The van der Waals surface area contributed by atoms with E-state index in [0.29, 0.717) is 11.6 Å². The number of fused-ring (bicyclic) bond motifs is 3. The van der Waals surface area contributed by atoms with Crippen molar-refractivity contribution in [1.29, 1.82) is 0 Å². The summed E-state index contributed by atoms with van der Waals surface area (Å²) in [4.78, 5) is 11.7. The Kier molecular flexibility index (Phi) is 3.68. The second-order valence-electron chi connectivity index (χ2n) is 6.25. The van der Waals surface area contributed by atoms with Crippen LogP contribution >= 0.6 is 15.9 Å². The molecule has 0 spiro atoms. The molecule has 1 aliphatic heterocycles. The molecule has 2 N–H and O–H groups in total. The van der Waals surface area contributed by atoms with E-state index in [4.69, 9.17) is 0 Å². The van der Waals surface area contributed by atoms with Gasteiger partial charge in [-0.1, -0.05) is 40.2 Å². The topological polar surface area (TPSA) is 49.3 Å². The van der Waals surface area contributed by atoms with Crippen LogP contribution in [-0.4, -0.2) is 11.1 Å². The number of nitrogens with one attached hydrogen (secondary N) is 1. The van der Waals surface area contributed by atoms with E-state index in [2.05, 4.69) is 33.4 Å². The third-order valence-corrected chi connectivity index (χ3v) is 5.35. The van der Waals surface area contributed by atoms with Crippen molar-refractivity contribution in [3.05, 3.63) is 75.5 Å². The molecule has 0 amide bonds. The van der Waals surface area contributed by atoms with Crippen molar-refractivity contribution >= 4 is 27.6 Å². The van der Waals surface area contributed by atoms with Crippen LogP contribution in [0, 0.1) is 11.7 Å². The van der Waals surface area contributed by atoms with Gasteiger partial charge in [0.1, 0.15) is 5.82 Å². The van der Waals surface area contributed by atoms with Gasteiger partial charge >= 0.3 is 5.97 Å². The molecule has 2 aliphatic rings. The number of allylic oxidation sites excluding steroid dienone is 2. The van der Waals surface area contributed by atoms with Crippen LogP contribution in [-0.2, 0) is 0 Å². The van der Waals surface area contributed by atoms with Gasteiger partial charge in [0, 0.05) is 10.4 Å². The quantitative estimate of drug-likeness (QED) is 0.703. The van der Waals surface area contributed by atoms with Gasteiger partial charge in [-0.15, -0.1) is 0 Å². The fourth-order valence-electron chi connectivity index (χ4n) is 3.83. The highest BCUT2D eigenvalue weighted by molar-refractivity contribution is 9.10. The average Bonchev–Trinajstić information content (AvgIpc) is 3.04. The predicted molar refractivity (Wildman–Crippen MR) is 93.9 cm³/mol. The molecule has 0 aromatic heterocycles. The first-order valence-corrected chi connectivity index (χ1v) is 8.59. The molecule has 0 unspecified atom stereocenters. The first-order valence-electron chi connectivity index (χ1n) is 7.80. The highest BCUT2D eigenvalue weighted by Gasteiger charge is 2.39. The Hall–Kier alpha value is -2.14. The van der Waals surface area contributed by atoms with Crippen LogP contribution in [0.3, 0.4) is 0 Å². The minimum atomic E-state index is -0.960. The molecule has 24 heavy (non-hydrogen) atoms. The monoisotopic (exact) mass is 387 g/mol. The number of benzene rings is 2. The number of hydrogen-bond acceptors (Lipinski definition) is 2. The van der Waals surface area contributed by atoms with Gasteiger partial charge < -0.3 is 10.4 Å². The number of carbonyl (C=O) groups is 1. The van der Waals surface area contributed by atoms with E-state index in [0.717, 1.165) is 22.0 Å². The number of hydrogen-bond donors (Lipinski definition) is 2. The molecule has 0 saturated heterocycles. The average molecular weight is 388 g/mol. The normalized spacial score (nSPS) is 24.2. The van der Waals surface area contributed by atoms with Crippen molar-refractivity contribution in [1.82, 2.24) is 0 Å². The summed E-state index contributed by atoms with van der Waals surface area (Å²) in [7, 11) is 0. The minimum absolute atomic E-state index is 0.0441. The molecule has 1 heterocycles. The lowest BCUT2D eigenvalue weighted by molar-refractivity contribution is 0.0697. The first-order chi connectivity index (χ1) is 11.5. The van der Waals surface area contributed by atoms with Crippen molar-refractivity contribution in [3.63, 3.8) is 0 Å². The zero-order valence-electron chi connectivity index (χ0n) is 12.7. The van der Waals surface area contributed by atoms with Crippen LogP contribution in [0.4, 0.5) is 10.1 Å². The summed E-state index contributed by atoms with van der Waals surface area (Å²) in [5.41, 5.74) is 2.89. The van der Waals surface area contributed by atoms with E-state index in [1.165, 1.54) is 12.1 Å². The van der Waals surface area contributed by atoms with E-state index < -0.39 is 5.97 Å². The lowest BCUT2D eigenvalue weighted by Crippen LogP contribution is -2.30. The predicted octanol–water partition coefficient (Wildman–Crippen LogP) is 5.11. The lowest BCUT2D eigenvalue weighted by atomic mass is 9.76. The van der Waals surface area contributed by atoms with Crippen molar-refractivity contribution in [3.8, 4) is 0 Å². The molecule has 0 bridgehead atoms. The summed E-state index contributed by atoms with van der Waals surface area (Å²) >= 11 is 3.42. The molecule has 4 rings (SSSR count). The van der Waals surface area contributed by atoms with Crippen LogP contribution in [0.15, 0.2) is 53.0 Å². The van der Waals surface area contributed by atoms with Gasteiger partial charge in [-0.2, -0.15) is 0 Å². The Labute approximate surface area is 147 Å². The van der Waals surface area contributed by atoms with Gasteiger partial charge in [-0.25, -0.2) is 9.18 Å². The minimum Gasteiger partial charge on any atom is -0.478 e. The Morgan fingerprint density at radius 3 is 2.71 bits per heavy atom. The Morgan fingerprint density at radius 1 is 1.25 bits per heavy atom. The van der Waals surface area contributed by atoms with Crippen LogP contribution in [0.5, 0.6) is 0 Å². The fourth-order valence-corrected chi connectivity index (χ4v) is 4.31. The van der Waals surface area contributed by atoms with Gasteiger partial charge in [0.2, 0.25) is 0 Å². The maximum Gasteiger partial charge on any atom is 0.337 e. The highest BCUT2D eigenvalue weighted by atomic mass is 79.9. The maximum absolute atomic E-state index is 13.3. The third-order valence-electron chi connectivity index (χ3n) is 4.89. The van der Waals surface area contributed by atoms with E-state index in [-0.39, 0.29) is 23.3 Å². The summed E-state index contributed by atoms with van der Waals surface area (Å²) in [5, 5.41) is 13.0. The Morgan fingerprint density at radius 2 is 2.00 bits per heavy atom. The van der Waals surface area contributed by atoms with Crippen molar-refractivity contribution in [2.45, 2.75) is 18.4 Å². The molecule has 0 radical (unpaired) electrons. The summed E-state index contributed by atoms with van der Waals surface area (Å²) in [6, 6.07) is 10.0. The largest absolute Gasteiger partial charge is 0.478 e. The highest BCUT2D eigenvalue weighted by Crippen LogP contribution is 2.51. The lowest BCUT2D eigenvalue weighted by Gasteiger charge is -2.38. The number of anilines is 1. The first kappa shape index (κ1) is 15.4. The number of rotatable bonds is 2. The second kappa shape index (κ2) is 5.74. The Bertz CT molecular complexity index is 847. The van der Waals surface area contributed by atoms with Gasteiger partial charge in [0.05, 0.1) is 17.3 Å². The standard InChI is InChI=1S/C19H15BrFNO2/c20-11-8-15-13-2-1-3-14(13)17(10-4-6-12(21)7-5-10)22-18(15)16(9-11)19(23)24/h1-2,4-9,13-14,17,22H,3H2,(H,23,24)/t13-,14-,17-/m0/s1. The summed E-state index contributed by atoms with van der Waals surface area (Å²) < 4.78 is 14.0. The zero-order chi connectivity index (χ0) is 16.8. The van der Waals surface area contributed by atoms with E-state index in [1.54, 1.807) is 18.2 Å². The molecule has 1 aliphatic carbocycles. The van der Waals surface area contributed by atoms with Crippen LogP contribution in [0.2, 0.25) is 0 Å². The summed E-state index contributed by atoms with van der Waals surface area (Å²) in [5.74, 6) is -0.782. The molecule has 0 fully saturated rings. The molecule has 122 valence electrons. The van der Waals surface area contributed by atoms with Crippen molar-refractivity contribution in [2.24, 2.45) is 5.92 Å². The number of aromatic carboxylic acids is 1. The number of carboxylic acids is 1. The molecular formula is C19H15BrFNO2. The van der Waals surface area contributed by atoms with Crippen LogP contribution in [0.1, 0.15) is 39.9 Å². The van der Waals surface area contributed by atoms with Gasteiger partial charge in [0.15, 0.2) is 0 Å². The maximum atomic E-state index is 13.3. The number of halogens is 2. The van der Waals surface area contributed by atoms with Crippen molar-refractivity contribution in [2.75, 3.05) is 5.32 Å². The summed E-state index contributed by atoms with van der Waals surface area (Å²) in [6.45, 7) is 0. The second-order valence-corrected chi connectivity index (χ2v) is 7.17. The number of carboxylic acid groups (broad SMARTS) is 1. The van der Waals surface area contributed by atoms with Crippen LogP contribution < -0.4 is 5.32 Å². The van der Waals surface area contributed by atoms with Crippen LogP contribution in [0.25, 0.3) is 0 Å². The SMILES string of the molecule is O=C(O)c1cc(Br)cc2c1N[C@@H](c1ccc(F)cc1)[C@H]1CC=C[C@H]21. The van der Waals surface area contributed by atoms with E-state index in [1.807, 2.05) is 6.07 Å². The van der Waals surface area contributed by atoms with Crippen molar-refractivity contribution < 1.29 is 14.3 Å². The molecule has 2 aromatic carbocycles. The van der Waals surface area contributed by atoms with E-state index >= 15 is 0 Å². The van der Waals surface area contributed by atoms with Gasteiger partial charge in [0.25, 0.3) is 0 Å². The molecular weight excluding hydrogens is 373 g/mol. The fraction of sp³-hybridized carbons (Fsp3) is 0.211. The molecule has 3 atom stereocenters.